The molecule has 0 amide bonds. The molecule has 0 aromatic heterocycles. The van der Waals surface area contributed by atoms with Gasteiger partial charge in [-0.3, -0.25) is 0 Å². The molecule has 2 aromatic rings. The van der Waals surface area contributed by atoms with Gasteiger partial charge in [0.15, 0.2) is 0 Å². The highest BCUT2D eigenvalue weighted by molar-refractivity contribution is 5.52. The Labute approximate surface area is 218 Å². The number of aliphatic hydroxyl groups is 2. The molecule has 0 spiro atoms. The Kier molecular flexibility index (Phi) is 7.19. The quantitative estimate of drug-likeness (QED) is 0.512. The molecule has 2 N–H and O–H groups in total. The van der Waals surface area contributed by atoms with Crippen LogP contribution in [-0.4, -0.2) is 49.4 Å². The fraction of sp³-hybridized carbons (Fsp3) is 0.600. The second kappa shape index (κ2) is 10.7. The van der Waals surface area contributed by atoms with Crippen molar-refractivity contribution < 1.29 is 33.9 Å². The van der Waals surface area contributed by atoms with Gasteiger partial charge in [0, 0.05) is 42.2 Å². The number of fused-ring (bicyclic) bond motifs is 4. The maximum absolute atomic E-state index is 11.9. The standard InChI is InChI=1S/C30H38O7/c1-33-14-5-9-25-28(30(32)27-20-8-4-15-34-23(20)12-13-26(27)37-25)22-17-35-24-11-10-19(16-21(24)29(22)31)36-18-6-2-3-7-18/h10-13,16,18,22,25,28-32H,2-9,14-15,17H2,1H3/t22-,25-,28-,29-,30+/m1/s1. The lowest BCUT2D eigenvalue weighted by molar-refractivity contribution is -0.0892. The first kappa shape index (κ1) is 24.8. The summed E-state index contributed by atoms with van der Waals surface area (Å²) in [6.07, 6.45) is 6.16. The van der Waals surface area contributed by atoms with E-state index in [0.717, 1.165) is 60.3 Å². The van der Waals surface area contributed by atoms with Crippen molar-refractivity contribution in [3.05, 3.63) is 47.0 Å². The van der Waals surface area contributed by atoms with E-state index in [1.807, 2.05) is 30.3 Å². The number of hydrogen-bond acceptors (Lipinski definition) is 7. The first-order valence-electron chi connectivity index (χ1n) is 13.9. The lowest BCUT2D eigenvalue weighted by Gasteiger charge is -2.45. The topological polar surface area (TPSA) is 86.6 Å². The molecule has 5 atom stereocenters. The van der Waals surface area contributed by atoms with Crippen molar-refractivity contribution in [2.45, 2.75) is 75.8 Å². The van der Waals surface area contributed by atoms with Gasteiger partial charge in [-0.1, -0.05) is 0 Å². The van der Waals surface area contributed by atoms with Crippen LogP contribution in [-0.2, 0) is 11.2 Å². The predicted molar refractivity (Wildman–Crippen MR) is 138 cm³/mol. The van der Waals surface area contributed by atoms with Crippen molar-refractivity contribution >= 4 is 0 Å². The molecular formula is C30H38O7. The molecule has 0 bridgehead atoms. The van der Waals surface area contributed by atoms with Crippen LogP contribution in [0.4, 0.5) is 0 Å². The minimum absolute atomic E-state index is 0.235. The van der Waals surface area contributed by atoms with Crippen LogP contribution in [0, 0.1) is 11.8 Å². The first-order chi connectivity index (χ1) is 18.1. The van der Waals surface area contributed by atoms with Crippen molar-refractivity contribution in [1.82, 2.24) is 0 Å². The molecule has 200 valence electrons. The van der Waals surface area contributed by atoms with E-state index in [2.05, 4.69) is 0 Å². The minimum Gasteiger partial charge on any atom is -0.493 e. The Hall–Kier alpha value is -2.48. The van der Waals surface area contributed by atoms with E-state index in [1.54, 1.807) is 7.11 Å². The summed E-state index contributed by atoms with van der Waals surface area (Å²) in [5, 5.41) is 23.6. The van der Waals surface area contributed by atoms with Gasteiger partial charge in [-0.05, 0) is 81.7 Å². The van der Waals surface area contributed by atoms with Gasteiger partial charge in [-0.25, -0.2) is 0 Å². The van der Waals surface area contributed by atoms with Crippen LogP contribution in [0.1, 0.15) is 73.8 Å². The Morgan fingerprint density at radius 1 is 0.946 bits per heavy atom. The third-order valence-corrected chi connectivity index (χ3v) is 8.54. The zero-order valence-corrected chi connectivity index (χ0v) is 21.6. The summed E-state index contributed by atoms with van der Waals surface area (Å²) in [6, 6.07) is 9.61. The van der Waals surface area contributed by atoms with Crippen LogP contribution < -0.4 is 18.9 Å². The van der Waals surface area contributed by atoms with E-state index < -0.39 is 12.2 Å². The number of aliphatic hydroxyl groups excluding tert-OH is 2. The van der Waals surface area contributed by atoms with Gasteiger partial charge in [0.05, 0.1) is 31.5 Å². The normalized spacial score (nSPS) is 28.8. The van der Waals surface area contributed by atoms with Crippen molar-refractivity contribution in [3.63, 3.8) is 0 Å². The van der Waals surface area contributed by atoms with Crippen molar-refractivity contribution in [2.75, 3.05) is 26.9 Å². The molecule has 37 heavy (non-hydrogen) atoms. The van der Waals surface area contributed by atoms with Crippen molar-refractivity contribution in [2.24, 2.45) is 11.8 Å². The van der Waals surface area contributed by atoms with Gasteiger partial charge >= 0.3 is 0 Å². The van der Waals surface area contributed by atoms with Gasteiger partial charge in [0.1, 0.15) is 29.1 Å². The summed E-state index contributed by atoms with van der Waals surface area (Å²) >= 11 is 0. The molecule has 0 unspecified atom stereocenters. The summed E-state index contributed by atoms with van der Waals surface area (Å²) in [4.78, 5) is 0. The van der Waals surface area contributed by atoms with Gasteiger partial charge in [0.25, 0.3) is 0 Å². The van der Waals surface area contributed by atoms with Crippen molar-refractivity contribution in [1.29, 1.82) is 0 Å². The molecule has 3 aliphatic heterocycles. The van der Waals surface area contributed by atoms with Crippen LogP contribution in [0.3, 0.4) is 0 Å². The lowest BCUT2D eigenvalue weighted by Crippen LogP contribution is -2.46. The fourth-order valence-electron chi connectivity index (χ4n) is 6.69. The maximum Gasteiger partial charge on any atom is 0.126 e. The predicted octanol–water partition coefficient (Wildman–Crippen LogP) is 4.91. The average Bonchev–Trinajstić information content (AvgIpc) is 3.43. The number of rotatable bonds is 7. The van der Waals surface area contributed by atoms with E-state index >= 15 is 0 Å². The number of ether oxygens (including phenoxy) is 5. The summed E-state index contributed by atoms with van der Waals surface area (Å²) in [7, 11) is 1.69. The summed E-state index contributed by atoms with van der Waals surface area (Å²) in [5.41, 5.74) is 2.55. The Bertz CT molecular complexity index is 1100. The van der Waals surface area contributed by atoms with Crippen molar-refractivity contribution in [3.8, 4) is 23.0 Å². The summed E-state index contributed by atoms with van der Waals surface area (Å²) < 4.78 is 30.1. The Morgan fingerprint density at radius 3 is 2.59 bits per heavy atom. The van der Waals surface area contributed by atoms with Crippen LogP contribution in [0.2, 0.25) is 0 Å². The van der Waals surface area contributed by atoms with Crippen LogP contribution >= 0.6 is 0 Å². The molecule has 1 saturated carbocycles. The van der Waals surface area contributed by atoms with E-state index in [4.69, 9.17) is 23.7 Å². The third kappa shape index (κ3) is 4.77. The van der Waals surface area contributed by atoms with E-state index in [9.17, 15) is 10.2 Å². The molecule has 4 aliphatic rings. The molecule has 6 rings (SSSR count). The van der Waals surface area contributed by atoms with Gasteiger partial charge in [-0.2, -0.15) is 0 Å². The van der Waals surface area contributed by atoms with Crippen LogP contribution in [0.5, 0.6) is 23.0 Å². The zero-order valence-electron chi connectivity index (χ0n) is 21.6. The van der Waals surface area contributed by atoms with E-state index in [1.165, 1.54) is 12.8 Å². The molecule has 2 aromatic carbocycles. The minimum atomic E-state index is -0.804. The molecular weight excluding hydrogens is 472 g/mol. The Balaban J connectivity index is 1.31. The third-order valence-electron chi connectivity index (χ3n) is 8.54. The number of methoxy groups -OCH3 is 1. The molecule has 0 radical (unpaired) electrons. The van der Waals surface area contributed by atoms with Gasteiger partial charge in [-0.15, -0.1) is 0 Å². The number of hydrogen-bond donors (Lipinski definition) is 2. The van der Waals surface area contributed by atoms with Crippen LogP contribution in [0.15, 0.2) is 30.3 Å². The summed E-state index contributed by atoms with van der Waals surface area (Å²) in [6.45, 7) is 1.61. The second-order valence-electron chi connectivity index (χ2n) is 10.9. The van der Waals surface area contributed by atoms with Gasteiger partial charge in [0.2, 0.25) is 0 Å². The maximum atomic E-state index is 11.9. The highest BCUT2D eigenvalue weighted by Crippen LogP contribution is 2.52. The summed E-state index contributed by atoms with van der Waals surface area (Å²) in [5.74, 6) is 2.29. The smallest absolute Gasteiger partial charge is 0.126 e. The second-order valence-corrected chi connectivity index (χ2v) is 10.9. The van der Waals surface area contributed by atoms with Gasteiger partial charge < -0.3 is 33.9 Å². The molecule has 0 saturated heterocycles. The molecule has 1 aliphatic carbocycles. The largest absolute Gasteiger partial charge is 0.493 e. The molecule has 1 fully saturated rings. The Morgan fingerprint density at radius 2 is 1.76 bits per heavy atom. The first-order valence-corrected chi connectivity index (χ1v) is 13.9. The van der Waals surface area contributed by atoms with E-state index in [0.29, 0.717) is 37.7 Å². The SMILES string of the molecule is COCCC[C@H]1Oc2ccc3c(c2[C@H](O)[C@@H]1[C@H]1COc2ccc(OC4CCCC4)cc2[C@H]1O)CCCO3. The fourth-order valence-corrected chi connectivity index (χ4v) is 6.69. The monoisotopic (exact) mass is 510 g/mol. The highest BCUT2D eigenvalue weighted by Gasteiger charge is 2.48. The zero-order chi connectivity index (χ0) is 25.4. The van der Waals surface area contributed by atoms with Crippen LogP contribution in [0.25, 0.3) is 0 Å². The molecule has 7 heteroatoms. The molecule has 7 nitrogen and oxygen atoms in total. The average molecular weight is 511 g/mol. The number of benzene rings is 2. The lowest BCUT2D eigenvalue weighted by atomic mass is 9.72. The highest BCUT2D eigenvalue weighted by atomic mass is 16.5. The molecule has 3 heterocycles. The van der Waals surface area contributed by atoms with E-state index in [-0.39, 0.29) is 24.0 Å².